The van der Waals surface area contributed by atoms with E-state index in [4.69, 9.17) is 4.74 Å². The van der Waals surface area contributed by atoms with Crippen molar-refractivity contribution in [3.05, 3.63) is 46.5 Å². The third-order valence-corrected chi connectivity index (χ3v) is 5.78. The van der Waals surface area contributed by atoms with Crippen LogP contribution < -0.4 is 5.32 Å². The fourth-order valence-electron chi connectivity index (χ4n) is 3.63. The molecule has 1 N–H and O–H groups in total. The van der Waals surface area contributed by atoms with Crippen LogP contribution >= 0.6 is 15.9 Å². The number of allylic oxidation sites excluding steroid dienone is 2. The number of halogens is 1. The molecular formula is C21H23BrN2O5. The number of benzene rings is 1. The highest BCUT2D eigenvalue weighted by atomic mass is 79.9. The number of esters is 1. The van der Waals surface area contributed by atoms with Crippen LogP contribution in [0, 0.1) is 11.8 Å². The Hall–Kier alpha value is -2.48. The summed E-state index contributed by atoms with van der Waals surface area (Å²) < 4.78 is 5.93. The second-order valence-corrected chi connectivity index (χ2v) is 8.15. The quantitative estimate of drug-likeness (QED) is 0.381. The molecule has 8 heteroatoms. The van der Waals surface area contributed by atoms with Crippen molar-refractivity contribution in [2.45, 2.75) is 32.2 Å². The maximum Gasteiger partial charge on any atom is 0.308 e. The normalized spacial score (nSPS) is 21.7. The molecule has 0 radical (unpaired) electrons. The molecule has 3 rings (SSSR count). The molecule has 1 aliphatic carbocycles. The summed E-state index contributed by atoms with van der Waals surface area (Å²) in [4.78, 5) is 49.8. The largest absolute Gasteiger partial charge is 0.456 e. The van der Waals surface area contributed by atoms with E-state index >= 15 is 0 Å². The average molecular weight is 463 g/mol. The minimum Gasteiger partial charge on any atom is -0.456 e. The standard InChI is InChI=1S/C21H23BrN2O5/c1-13(14-6-8-15(22)9-7-14)23-18(25)12-29-19(26)10-11-24-20(27)16-4-2-3-5-17(16)21(24)28/h2-3,6-9,13,16-17H,4-5,10-12H2,1H3,(H,23,25)/t13-,16-,17-/m0/s1. The first-order valence-electron chi connectivity index (χ1n) is 9.57. The van der Waals surface area contributed by atoms with Crippen LogP contribution in [0.15, 0.2) is 40.9 Å². The number of carbonyl (C=O) groups is 4. The van der Waals surface area contributed by atoms with Crippen LogP contribution in [0.3, 0.4) is 0 Å². The molecule has 0 bridgehead atoms. The van der Waals surface area contributed by atoms with Crippen LogP contribution in [-0.2, 0) is 23.9 Å². The molecular weight excluding hydrogens is 440 g/mol. The Bertz CT molecular complexity index is 810. The molecule has 1 aromatic rings. The van der Waals surface area contributed by atoms with E-state index in [1.54, 1.807) is 0 Å². The predicted octanol–water partition coefficient (Wildman–Crippen LogP) is 2.51. The van der Waals surface area contributed by atoms with Gasteiger partial charge in [0.15, 0.2) is 6.61 Å². The van der Waals surface area contributed by atoms with E-state index in [2.05, 4.69) is 21.2 Å². The monoisotopic (exact) mass is 462 g/mol. The van der Waals surface area contributed by atoms with Crippen LogP contribution in [0.25, 0.3) is 0 Å². The van der Waals surface area contributed by atoms with Gasteiger partial charge >= 0.3 is 5.97 Å². The third kappa shape index (κ3) is 5.12. The Morgan fingerprint density at radius 2 is 1.72 bits per heavy atom. The molecule has 7 nitrogen and oxygen atoms in total. The van der Waals surface area contributed by atoms with Crippen molar-refractivity contribution in [2.75, 3.05) is 13.2 Å². The first-order valence-corrected chi connectivity index (χ1v) is 10.4. The molecule has 0 unspecified atom stereocenters. The number of imide groups is 1. The first kappa shape index (κ1) is 21.2. The van der Waals surface area contributed by atoms with Crippen LogP contribution in [-0.4, -0.2) is 41.7 Å². The highest BCUT2D eigenvalue weighted by molar-refractivity contribution is 9.10. The van der Waals surface area contributed by atoms with Gasteiger partial charge in [-0.1, -0.05) is 40.2 Å². The fourth-order valence-corrected chi connectivity index (χ4v) is 3.89. The van der Waals surface area contributed by atoms with Gasteiger partial charge < -0.3 is 10.1 Å². The molecule has 2 aliphatic rings. The van der Waals surface area contributed by atoms with Gasteiger partial charge in [-0.25, -0.2) is 0 Å². The maximum atomic E-state index is 12.4. The maximum absolute atomic E-state index is 12.4. The molecule has 0 aromatic heterocycles. The third-order valence-electron chi connectivity index (χ3n) is 5.25. The highest BCUT2D eigenvalue weighted by Gasteiger charge is 2.46. The molecule has 1 heterocycles. The molecule has 29 heavy (non-hydrogen) atoms. The second-order valence-electron chi connectivity index (χ2n) is 7.24. The van der Waals surface area contributed by atoms with E-state index < -0.39 is 18.5 Å². The zero-order chi connectivity index (χ0) is 21.0. The molecule has 0 spiro atoms. The number of ether oxygens (including phenoxy) is 1. The van der Waals surface area contributed by atoms with Crippen molar-refractivity contribution in [2.24, 2.45) is 11.8 Å². The van der Waals surface area contributed by atoms with Gasteiger partial charge in [-0.05, 0) is 37.5 Å². The minimum atomic E-state index is -0.620. The van der Waals surface area contributed by atoms with Crippen LogP contribution in [0.5, 0.6) is 0 Å². The van der Waals surface area contributed by atoms with E-state index in [0.29, 0.717) is 12.8 Å². The molecule has 1 aromatic carbocycles. The van der Waals surface area contributed by atoms with Crippen molar-refractivity contribution < 1.29 is 23.9 Å². The number of amides is 3. The van der Waals surface area contributed by atoms with E-state index in [1.165, 1.54) is 0 Å². The number of hydrogen-bond acceptors (Lipinski definition) is 5. The Balaban J connectivity index is 1.41. The minimum absolute atomic E-state index is 0.0135. The Morgan fingerprint density at radius 1 is 1.14 bits per heavy atom. The van der Waals surface area contributed by atoms with Crippen LogP contribution in [0.2, 0.25) is 0 Å². The molecule has 1 aliphatic heterocycles. The summed E-state index contributed by atoms with van der Waals surface area (Å²) in [7, 11) is 0. The number of hydrogen-bond donors (Lipinski definition) is 1. The van der Waals surface area contributed by atoms with Gasteiger partial charge in [0.25, 0.3) is 5.91 Å². The number of likely N-dealkylation sites (tertiary alicyclic amines) is 1. The van der Waals surface area contributed by atoms with Crippen molar-refractivity contribution in [3.8, 4) is 0 Å². The topological polar surface area (TPSA) is 92.8 Å². The number of nitrogens with zero attached hydrogens (tertiary/aromatic N) is 1. The summed E-state index contributed by atoms with van der Waals surface area (Å²) in [5, 5.41) is 2.76. The molecule has 154 valence electrons. The fraction of sp³-hybridized carbons (Fsp3) is 0.429. The van der Waals surface area contributed by atoms with Gasteiger partial charge in [-0.15, -0.1) is 0 Å². The van der Waals surface area contributed by atoms with E-state index in [9.17, 15) is 19.2 Å². The van der Waals surface area contributed by atoms with Crippen molar-refractivity contribution in [1.29, 1.82) is 0 Å². The van der Waals surface area contributed by atoms with E-state index in [0.717, 1.165) is 14.9 Å². The van der Waals surface area contributed by atoms with Crippen LogP contribution in [0.1, 0.15) is 37.8 Å². The summed E-state index contributed by atoms with van der Waals surface area (Å²) in [6.45, 7) is 1.42. The lowest BCUT2D eigenvalue weighted by atomic mass is 9.85. The molecule has 3 amide bonds. The summed E-state index contributed by atoms with van der Waals surface area (Å²) in [5.74, 6) is -2.11. The Kier molecular flexibility index (Phi) is 6.84. The zero-order valence-corrected chi connectivity index (χ0v) is 17.7. The zero-order valence-electron chi connectivity index (χ0n) is 16.1. The van der Waals surface area contributed by atoms with Gasteiger partial charge in [0.1, 0.15) is 0 Å². The lowest BCUT2D eigenvalue weighted by Gasteiger charge is -2.15. The van der Waals surface area contributed by atoms with Gasteiger partial charge in [-0.3, -0.25) is 24.1 Å². The van der Waals surface area contributed by atoms with Gasteiger partial charge in [0.2, 0.25) is 11.8 Å². The number of carbonyl (C=O) groups excluding carboxylic acids is 4. The average Bonchev–Trinajstić information content (AvgIpc) is 2.95. The summed E-state index contributed by atoms with van der Waals surface area (Å²) in [6, 6.07) is 7.30. The summed E-state index contributed by atoms with van der Waals surface area (Å²) in [6.07, 6.45) is 4.83. The van der Waals surface area contributed by atoms with E-state index in [-0.39, 0.29) is 42.7 Å². The van der Waals surface area contributed by atoms with Gasteiger partial charge in [-0.2, -0.15) is 0 Å². The summed E-state index contributed by atoms with van der Waals surface area (Å²) in [5.41, 5.74) is 0.926. The van der Waals surface area contributed by atoms with Crippen molar-refractivity contribution in [3.63, 3.8) is 0 Å². The smallest absolute Gasteiger partial charge is 0.308 e. The van der Waals surface area contributed by atoms with Crippen molar-refractivity contribution >= 4 is 39.6 Å². The van der Waals surface area contributed by atoms with Crippen LogP contribution in [0.4, 0.5) is 0 Å². The predicted molar refractivity (Wildman–Crippen MR) is 108 cm³/mol. The van der Waals surface area contributed by atoms with Gasteiger partial charge in [0.05, 0.1) is 24.3 Å². The first-order chi connectivity index (χ1) is 13.9. The SMILES string of the molecule is C[C@H](NC(=O)COC(=O)CCN1C(=O)[C@H]2CC=CC[C@@H]2C1=O)c1ccc(Br)cc1. The van der Waals surface area contributed by atoms with Crippen molar-refractivity contribution in [1.82, 2.24) is 10.2 Å². The number of rotatable bonds is 7. The summed E-state index contributed by atoms with van der Waals surface area (Å²) >= 11 is 3.36. The van der Waals surface area contributed by atoms with Gasteiger partial charge in [0, 0.05) is 11.0 Å². The Morgan fingerprint density at radius 3 is 2.31 bits per heavy atom. The lowest BCUT2D eigenvalue weighted by Crippen LogP contribution is -2.34. The second kappa shape index (κ2) is 9.35. The van der Waals surface area contributed by atoms with E-state index in [1.807, 2.05) is 43.3 Å². The molecule has 1 fully saturated rings. The molecule has 3 atom stereocenters. The highest BCUT2D eigenvalue weighted by Crippen LogP contribution is 2.35. The Labute approximate surface area is 177 Å². The lowest BCUT2D eigenvalue weighted by molar-refractivity contribution is -0.150. The number of nitrogens with one attached hydrogen (secondary N) is 1. The number of fused-ring (bicyclic) bond motifs is 1. The molecule has 0 saturated carbocycles. The molecule has 1 saturated heterocycles.